The maximum absolute atomic E-state index is 11.3. The SMILES string of the molecule is CC(=O)OCCC(OC(C)=O)C(OC(C)=O)C(OC(C)=O)C(O)S. The van der Waals surface area contributed by atoms with Crippen molar-refractivity contribution in [2.45, 2.75) is 57.9 Å². The molecule has 1 N–H and O–H groups in total. The van der Waals surface area contributed by atoms with Gasteiger partial charge in [-0.3, -0.25) is 19.2 Å². The molecule has 0 radical (unpaired) electrons. The number of hydrogen-bond donors (Lipinski definition) is 2. The number of esters is 4. The van der Waals surface area contributed by atoms with Crippen LogP contribution in [0.5, 0.6) is 0 Å². The van der Waals surface area contributed by atoms with Gasteiger partial charge in [0.2, 0.25) is 0 Å². The van der Waals surface area contributed by atoms with Crippen molar-refractivity contribution in [1.29, 1.82) is 0 Å². The van der Waals surface area contributed by atoms with Crippen LogP contribution < -0.4 is 0 Å². The second-order valence-electron chi connectivity index (χ2n) is 4.84. The van der Waals surface area contributed by atoms with Gasteiger partial charge in [-0.1, -0.05) is 0 Å². The molecule has 0 aromatic rings. The van der Waals surface area contributed by atoms with Crippen LogP contribution in [0.1, 0.15) is 34.1 Å². The van der Waals surface area contributed by atoms with E-state index >= 15 is 0 Å². The highest BCUT2D eigenvalue weighted by atomic mass is 32.1. The average Bonchev–Trinajstić information content (AvgIpc) is 2.40. The topological polar surface area (TPSA) is 125 Å². The summed E-state index contributed by atoms with van der Waals surface area (Å²) in [5, 5.41) is 9.71. The van der Waals surface area contributed by atoms with Gasteiger partial charge in [-0.05, 0) is 0 Å². The molecular weight excluding hydrogens is 344 g/mol. The predicted molar refractivity (Wildman–Crippen MR) is 82.9 cm³/mol. The van der Waals surface area contributed by atoms with E-state index in [2.05, 4.69) is 12.6 Å². The highest BCUT2D eigenvalue weighted by Crippen LogP contribution is 2.21. The second-order valence-corrected chi connectivity index (χ2v) is 5.37. The smallest absolute Gasteiger partial charge is 0.303 e. The van der Waals surface area contributed by atoms with E-state index in [1.165, 1.54) is 6.92 Å². The zero-order chi connectivity index (χ0) is 18.9. The third-order valence-corrected chi connectivity index (χ3v) is 2.91. The highest BCUT2D eigenvalue weighted by Gasteiger charge is 2.40. The number of aliphatic hydroxyl groups is 1. The molecule has 0 aromatic heterocycles. The maximum Gasteiger partial charge on any atom is 0.303 e. The van der Waals surface area contributed by atoms with Crippen LogP contribution in [0.15, 0.2) is 0 Å². The third kappa shape index (κ3) is 9.36. The first-order chi connectivity index (χ1) is 11.0. The summed E-state index contributed by atoms with van der Waals surface area (Å²) < 4.78 is 19.8. The Kier molecular flexibility index (Phi) is 10.0. The average molecular weight is 366 g/mol. The van der Waals surface area contributed by atoms with Crippen molar-refractivity contribution in [2.24, 2.45) is 0 Å². The number of thiol groups is 1. The fourth-order valence-corrected chi connectivity index (χ4v) is 2.09. The van der Waals surface area contributed by atoms with Crippen LogP contribution in [0, 0.1) is 0 Å². The van der Waals surface area contributed by atoms with Gasteiger partial charge >= 0.3 is 23.9 Å². The van der Waals surface area contributed by atoms with E-state index in [0.29, 0.717) is 0 Å². The Morgan fingerprint density at radius 1 is 0.833 bits per heavy atom. The number of rotatable bonds is 9. The molecule has 0 saturated heterocycles. The lowest BCUT2D eigenvalue weighted by Crippen LogP contribution is -2.49. The first-order valence-electron chi connectivity index (χ1n) is 7.05. The van der Waals surface area contributed by atoms with Crippen molar-refractivity contribution in [2.75, 3.05) is 6.61 Å². The number of ether oxygens (including phenoxy) is 4. The molecule has 0 heterocycles. The first-order valence-corrected chi connectivity index (χ1v) is 7.57. The minimum Gasteiger partial charge on any atom is -0.466 e. The van der Waals surface area contributed by atoms with Crippen molar-refractivity contribution < 1.29 is 43.2 Å². The Morgan fingerprint density at radius 3 is 1.67 bits per heavy atom. The molecule has 138 valence electrons. The summed E-state index contributed by atoms with van der Waals surface area (Å²) >= 11 is 3.80. The summed E-state index contributed by atoms with van der Waals surface area (Å²) in [4.78, 5) is 44.7. The van der Waals surface area contributed by atoms with E-state index < -0.39 is 47.6 Å². The molecule has 0 fully saturated rings. The van der Waals surface area contributed by atoms with Crippen LogP contribution in [0.25, 0.3) is 0 Å². The molecule has 0 aliphatic heterocycles. The van der Waals surface area contributed by atoms with Gasteiger partial charge in [-0.2, -0.15) is 0 Å². The lowest BCUT2D eigenvalue weighted by atomic mass is 10.0. The van der Waals surface area contributed by atoms with Crippen LogP contribution >= 0.6 is 12.6 Å². The Labute approximate surface area is 145 Å². The number of carbonyl (C=O) groups is 4. The van der Waals surface area contributed by atoms with Gasteiger partial charge in [0.25, 0.3) is 0 Å². The van der Waals surface area contributed by atoms with Crippen molar-refractivity contribution in [3.8, 4) is 0 Å². The molecule has 0 aromatic carbocycles. The molecule has 0 amide bonds. The largest absolute Gasteiger partial charge is 0.466 e. The lowest BCUT2D eigenvalue weighted by Gasteiger charge is -2.32. The van der Waals surface area contributed by atoms with Gasteiger partial charge in [0.05, 0.1) is 6.61 Å². The van der Waals surface area contributed by atoms with E-state index in [0.717, 1.165) is 20.8 Å². The minimum absolute atomic E-state index is 0.0463. The number of aliphatic hydroxyl groups excluding tert-OH is 1. The Balaban J connectivity index is 5.43. The van der Waals surface area contributed by atoms with Crippen molar-refractivity contribution >= 4 is 36.5 Å². The van der Waals surface area contributed by atoms with E-state index in [4.69, 9.17) is 18.9 Å². The van der Waals surface area contributed by atoms with Crippen molar-refractivity contribution in [3.05, 3.63) is 0 Å². The highest BCUT2D eigenvalue weighted by molar-refractivity contribution is 7.80. The molecule has 24 heavy (non-hydrogen) atoms. The standard InChI is InChI=1S/C14H22O9S/c1-7(15)20-6-5-11(21-8(2)16)12(22-9(3)17)13(14(19)24)23-10(4)18/h11-14,19,24H,5-6H2,1-4H3. The van der Waals surface area contributed by atoms with Crippen molar-refractivity contribution in [1.82, 2.24) is 0 Å². The molecule has 9 nitrogen and oxygen atoms in total. The van der Waals surface area contributed by atoms with Crippen LogP contribution in [-0.4, -0.2) is 59.3 Å². The quantitative estimate of drug-likeness (QED) is 0.251. The van der Waals surface area contributed by atoms with E-state index in [1.54, 1.807) is 0 Å². The Hall–Kier alpha value is -1.81. The molecule has 4 unspecified atom stereocenters. The Morgan fingerprint density at radius 2 is 1.29 bits per heavy atom. The summed E-state index contributed by atoms with van der Waals surface area (Å²) in [7, 11) is 0. The van der Waals surface area contributed by atoms with Gasteiger partial charge in [-0.25, -0.2) is 0 Å². The minimum atomic E-state index is -1.51. The summed E-state index contributed by atoms with van der Waals surface area (Å²) in [5.74, 6) is -2.76. The van der Waals surface area contributed by atoms with Crippen LogP contribution in [-0.2, 0) is 38.1 Å². The van der Waals surface area contributed by atoms with E-state index in [9.17, 15) is 24.3 Å². The summed E-state index contributed by atoms with van der Waals surface area (Å²) in [6.07, 6.45) is -3.90. The second kappa shape index (κ2) is 10.9. The molecule has 0 aliphatic rings. The Bertz CT molecular complexity index is 463. The first kappa shape index (κ1) is 22.2. The van der Waals surface area contributed by atoms with Gasteiger partial charge in [0.1, 0.15) is 11.5 Å². The molecular formula is C14H22O9S. The monoisotopic (exact) mass is 366 g/mol. The van der Waals surface area contributed by atoms with Gasteiger partial charge in [0.15, 0.2) is 12.2 Å². The van der Waals surface area contributed by atoms with Crippen molar-refractivity contribution in [3.63, 3.8) is 0 Å². The zero-order valence-electron chi connectivity index (χ0n) is 13.9. The summed E-state index contributed by atoms with van der Waals surface area (Å²) in [5.41, 5.74) is -1.51. The van der Waals surface area contributed by atoms with Gasteiger partial charge in [-0.15, -0.1) is 12.6 Å². The molecule has 0 rings (SSSR count). The lowest BCUT2D eigenvalue weighted by molar-refractivity contribution is -0.189. The van der Waals surface area contributed by atoms with Crippen LogP contribution in [0.3, 0.4) is 0 Å². The molecule has 0 aliphatic carbocycles. The fraction of sp³-hybridized carbons (Fsp3) is 0.714. The van der Waals surface area contributed by atoms with Gasteiger partial charge in [0, 0.05) is 34.1 Å². The summed E-state index contributed by atoms with van der Waals surface area (Å²) in [6.45, 7) is 4.37. The maximum atomic E-state index is 11.3. The van der Waals surface area contributed by atoms with E-state index in [-0.39, 0.29) is 13.0 Å². The molecule has 0 spiro atoms. The van der Waals surface area contributed by atoms with Crippen LogP contribution in [0.4, 0.5) is 0 Å². The number of hydrogen-bond acceptors (Lipinski definition) is 10. The molecule has 10 heteroatoms. The molecule has 4 atom stereocenters. The fourth-order valence-electron chi connectivity index (χ4n) is 1.86. The van der Waals surface area contributed by atoms with Crippen LogP contribution in [0.2, 0.25) is 0 Å². The van der Waals surface area contributed by atoms with E-state index in [1.807, 2.05) is 0 Å². The summed E-state index contributed by atoms with van der Waals surface area (Å²) in [6, 6.07) is 0. The predicted octanol–water partition coefficient (Wildman–Crippen LogP) is -0.0171. The molecule has 0 saturated carbocycles. The van der Waals surface area contributed by atoms with Gasteiger partial charge < -0.3 is 24.1 Å². The number of carbonyl (C=O) groups excluding carboxylic acids is 4. The third-order valence-electron chi connectivity index (χ3n) is 2.61. The zero-order valence-corrected chi connectivity index (χ0v) is 14.8. The molecule has 0 bridgehead atoms. The normalized spacial score (nSPS) is 15.4.